The molecule has 0 aliphatic carbocycles. The summed E-state index contributed by atoms with van der Waals surface area (Å²) in [5.41, 5.74) is 12.2. The zero-order valence-corrected chi connectivity index (χ0v) is 77.3. The van der Waals surface area contributed by atoms with Gasteiger partial charge < -0.3 is 163 Å². The molecule has 0 saturated heterocycles. The van der Waals surface area contributed by atoms with Crippen molar-refractivity contribution in [3.05, 3.63) is 83.9 Å². The largest absolute Gasteiger partial charge is 0.508 e. The number of primary amides is 1. The molecule has 0 saturated carbocycles. The third kappa shape index (κ3) is 42.9. The highest BCUT2D eigenvalue weighted by Crippen LogP contribution is 2.16. The average molecular weight is 1970 g/mol. The van der Waals surface area contributed by atoms with Crippen molar-refractivity contribution in [3.8, 4) is 5.75 Å². The number of carboxylic acid groups (broad SMARTS) is 4. The number of aromatic hydroxyl groups is 1. The maximum Gasteiger partial charge on any atom is 0.325 e. The van der Waals surface area contributed by atoms with E-state index >= 15 is 0 Å². The number of phenols is 1. The van der Waals surface area contributed by atoms with Gasteiger partial charge in [0.05, 0.1) is 69.6 Å². The molecule has 19 atom stereocenters. The van der Waals surface area contributed by atoms with Crippen LogP contribution in [-0.4, -0.2) is 345 Å². The first-order valence-electron chi connectivity index (χ1n) is 43.5. The Morgan fingerprint density at radius 2 is 0.719 bits per heavy atom. The van der Waals surface area contributed by atoms with E-state index in [9.17, 15) is 156 Å². The predicted molar refractivity (Wildman–Crippen MR) is 477 cm³/mol. The van der Waals surface area contributed by atoms with Crippen LogP contribution in [0.5, 0.6) is 5.75 Å². The Hall–Kier alpha value is -15.0. The van der Waals surface area contributed by atoms with Gasteiger partial charge in [-0.25, -0.2) is 4.98 Å². The molecule has 0 aliphatic heterocycles. The van der Waals surface area contributed by atoms with E-state index in [2.05, 4.69) is 95.0 Å². The monoisotopic (exact) mass is 1970 g/mol. The topological polar surface area (TPSA) is 892 Å². The van der Waals surface area contributed by atoms with Crippen molar-refractivity contribution >= 4 is 136 Å². The number of hydrogen-bond acceptors (Lipinski definition) is 31. The fraction of sp³-hybridized carbons (Fsp3) is 0.548. The van der Waals surface area contributed by atoms with Gasteiger partial charge in [0.1, 0.15) is 102 Å². The summed E-state index contributed by atoms with van der Waals surface area (Å²) in [6, 6.07) is -17.4. The summed E-state index contributed by atoms with van der Waals surface area (Å²) in [4.78, 5) is 312. The lowest BCUT2D eigenvalue weighted by atomic mass is 10.00. The van der Waals surface area contributed by atoms with Crippen LogP contribution in [0, 0.1) is 11.8 Å². The Morgan fingerprint density at radius 1 is 0.360 bits per heavy atom. The number of carboxylic acids is 4. The van der Waals surface area contributed by atoms with Gasteiger partial charge >= 0.3 is 23.9 Å². The molecule has 0 bridgehead atoms. The van der Waals surface area contributed by atoms with Crippen LogP contribution in [0.2, 0.25) is 0 Å². The average Bonchev–Trinajstić information content (AvgIpc) is 1.84. The summed E-state index contributed by atoms with van der Waals surface area (Å²) in [6.45, 7) is 5.46. The van der Waals surface area contributed by atoms with Crippen LogP contribution >= 0.6 is 0 Å². The van der Waals surface area contributed by atoms with E-state index in [4.69, 9.17) is 16.6 Å². The minimum atomic E-state index is -2.22. The standard InChI is InChI=1S/C84H124N22O33/c1-37(2)25-52(74(128)96-50(21-24-63(118)119)72(126)88-31-60(114)94-51(19-22-59(86)113)73(127)92-39(5)68(122)93-41(7)84(138)139)97-75(129)53(27-45-15-17-47(112)18-16-45)98-78(132)56(33-107)101-80(134)58(35-109)102-81(135)65(38(3)4)105-77(131)55(29-64(120)121)99-79(133)57(34-108)103-83(137)67(43(9)111)106-76(130)54(26-44-13-11-10-12-14-44)100-82(136)66(42(8)110)104-61(115)32-89-71(125)49(20-23-62(116)117)95-69(123)40(6)91-70(124)48(85)28-46-30-87-36-90-46/h10-18,30,36-43,48-58,65-67,107-112H,19-29,31-35,85H2,1-9H3,(H2,86,113)(H,87,90)(H,88,126)(H,89,125)(H,91,124)(H,92,127)(H,93,122)(H,94,114)(H,95,123)(H,96,128)(H,97,129)(H,98,132)(H,99,133)(H,100,136)(H,101,134)(H,102,135)(H,103,137)(H,104,115)(H,105,131)(H,106,130)(H,116,117)(H,118,119)(H,120,121)(H,138,139)/t39-,40-,41-,42+,43+,48-,49-,50-,51-,52-,53-,54-,55-,56-,57-,58-,65-,66-,67-/m0/s1. The van der Waals surface area contributed by atoms with Crippen LogP contribution in [0.4, 0.5) is 0 Å². The van der Waals surface area contributed by atoms with Gasteiger partial charge in [0.15, 0.2) is 0 Å². The van der Waals surface area contributed by atoms with Crippen molar-refractivity contribution in [2.75, 3.05) is 32.9 Å². The number of nitrogens with two attached hydrogens (primary N) is 2. The van der Waals surface area contributed by atoms with Gasteiger partial charge in [0.2, 0.25) is 112 Å². The Labute approximate surface area is 793 Å². The lowest BCUT2D eigenvalue weighted by Crippen LogP contribution is -2.63. The van der Waals surface area contributed by atoms with Gasteiger partial charge in [-0.15, -0.1) is 0 Å². The van der Waals surface area contributed by atoms with Gasteiger partial charge in [-0.05, 0) is 95.4 Å². The molecular formula is C84H124N22O33. The predicted octanol–water partition coefficient (Wildman–Crippen LogP) is -12.5. The number of aromatic nitrogens is 2. The number of imidazole rings is 1. The van der Waals surface area contributed by atoms with Crippen molar-refractivity contribution < 1.29 is 161 Å². The van der Waals surface area contributed by atoms with Gasteiger partial charge in [-0.1, -0.05) is 70.2 Å². The van der Waals surface area contributed by atoms with Gasteiger partial charge in [0, 0.05) is 44.7 Å². The summed E-state index contributed by atoms with van der Waals surface area (Å²) < 4.78 is 0. The highest BCUT2D eigenvalue weighted by atomic mass is 16.4. The number of carbonyl (C=O) groups is 23. The molecule has 3 rings (SSSR count). The minimum absolute atomic E-state index is 0.0252. The van der Waals surface area contributed by atoms with E-state index in [1.807, 2.05) is 10.6 Å². The molecule has 139 heavy (non-hydrogen) atoms. The summed E-state index contributed by atoms with van der Waals surface area (Å²) in [7, 11) is 0. The molecule has 2 aromatic carbocycles. The van der Waals surface area contributed by atoms with Crippen LogP contribution in [0.15, 0.2) is 67.1 Å². The zero-order chi connectivity index (χ0) is 105. The summed E-state index contributed by atoms with van der Waals surface area (Å²) in [5, 5.41) is 141. The van der Waals surface area contributed by atoms with Crippen molar-refractivity contribution in [2.24, 2.45) is 23.3 Å². The van der Waals surface area contributed by atoms with Gasteiger partial charge in [-0.3, -0.25) is 110 Å². The van der Waals surface area contributed by atoms with E-state index < -0.39 is 354 Å². The van der Waals surface area contributed by atoms with Gasteiger partial charge in [-0.2, -0.15) is 0 Å². The number of aliphatic carboxylic acids is 4. The summed E-state index contributed by atoms with van der Waals surface area (Å²) in [5.74, 6) is -30.5. The van der Waals surface area contributed by atoms with Crippen LogP contribution in [0.3, 0.4) is 0 Å². The van der Waals surface area contributed by atoms with E-state index in [1.165, 1.54) is 88.8 Å². The molecule has 3 aromatic rings. The maximum atomic E-state index is 14.5. The third-order valence-corrected chi connectivity index (χ3v) is 20.4. The number of nitrogens with one attached hydrogen (secondary N) is 19. The van der Waals surface area contributed by atoms with Crippen LogP contribution in [0.25, 0.3) is 0 Å². The fourth-order valence-electron chi connectivity index (χ4n) is 12.7. The highest BCUT2D eigenvalue weighted by molar-refractivity contribution is 6.02. The first-order valence-corrected chi connectivity index (χ1v) is 43.5. The molecule has 1 heterocycles. The summed E-state index contributed by atoms with van der Waals surface area (Å²) >= 11 is 0. The van der Waals surface area contributed by atoms with Crippen LogP contribution < -0.4 is 107 Å². The Morgan fingerprint density at radius 3 is 1.17 bits per heavy atom. The molecule has 0 fully saturated rings. The normalized spacial score (nSPS) is 15.2. The quantitative estimate of drug-likeness (QED) is 0.0249. The molecule has 55 heteroatoms. The molecule has 55 nitrogen and oxygen atoms in total. The summed E-state index contributed by atoms with van der Waals surface area (Å²) in [6.07, 6.45) is -6.97. The Kier molecular flexibility index (Phi) is 50.3. The molecule has 0 aliphatic rings. The van der Waals surface area contributed by atoms with Crippen LogP contribution in [-0.2, 0) is 130 Å². The maximum absolute atomic E-state index is 14.5. The second kappa shape index (κ2) is 59.1. The number of H-pyrrole nitrogens is 1. The minimum Gasteiger partial charge on any atom is -0.508 e. The second-order valence-corrected chi connectivity index (χ2v) is 33.0. The van der Waals surface area contributed by atoms with Crippen molar-refractivity contribution in [2.45, 2.75) is 248 Å². The van der Waals surface area contributed by atoms with Crippen LogP contribution in [0.1, 0.15) is 131 Å². The SMILES string of the molecule is CC(C)C[C@H](NC(=O)[C@H](Cc1ccc(O)cc1)NC(=O)[C@H](CO)NC(=O)[C@H](CO)NC(=O)[C@@H](NC(=O)[C@H](CC(=O)O)NC(=O)[C@H](CO)NC(=O)[C@@H](NC(=O)[C@H](Cc1ccccc1)NC(=O)[C@@H](NC(=O)CNC(=O)[C@H](CCC(=O)O)NC(=O)[C@H](C)NC(=O)[C@@H](N)Cc1c[nH]cn1)[C@@H](C)O)[C@@H](C)O)C(C)C)C(=O)N[C@@H](CCC(=O)O)C(=O)NCC(=O)N[C@@H](CCC(N)=O)C(=O)N[C@@H](C)C(=O)N[C@@H](C)C(=O)O. The molecule has 19 amide bonds. The van der Waals surface area contributed by atoms with Crippen molar-refractivity contribution in [3.63, 3.8) is 0 Å². The number of benzene rings is 2. The van der Waals surface area contributed by atoms with Gasteiger partial charge in [0.25, 0.3) is 0 Å². The fourth-order valence-corrected chi connectivity index (χ4v) is 12.7. The Bertz CT molecular complexity index is 4780. The number of amides is 19. The van der Waals surface area contributed by atoms with Crippen molar-refractivity contribution in [1.29, 1.82) is 0 Å². The number of carbonyl (C=O) groups excluding carboxylic acids is 19. The highest BCUT2D eigenvalue weighted by Gasteiger charge is 2.41. The number of rotatable bonds is 62. The lowest BCUT2D eigenvalue weighted by molar-refractivity contribution is -0.142. The molecule has 0 radical (unpaired) electrons. The molecule has 0 unspecified atom stereocenters. The number of phenolic OH excluding ortho intramolecular Hbond substituents is 1. The molecular weight excluding hydrogens is 1850 g/mol. The smallest absolute Gasteiger partial charge is 0.325 e. The number of aromatic amines is 1. The second-order valence-electron chi connectivity index (χ2n) is 33.0. The third-order valence-electron chi connectivity index (χ3n) is 20.4. The zero-order valence-electron chi connectivity index (χ0n) is 77.3. The molecule has 33 N–H and O–H groups in total. The molecule has 1 aromatic heterocycles. The first kappa shape index (κ1) is 118. The number of aliphatic hydroxyl groups excluding tert-OH is 5. The Balaban J connectivity index is 1.81. The molecule has 0 spiro atoms. The van der Waals surface area contributed by atoms with E-state index in [1.54, 1.807) is 19.9 Å². The first-order chi connectivity index (χ1) is 65.2. The van der Waals surface area contributed by atoms with Crippen molar-refractivity contribution in [1.82, 2.24) is 106 Å². The number of aliphatic hydroxyl groups is 5. The van der Waals surface area contributed by atoms with E-state index in [0.29, 0.717) is 11.3 Å². The number of hydrogen-bond donors (Lipinski definition) is 31. The van der Waals surface area contributed by atoms with E-state index in [-0.39, 0.29) is 24.2 Å². The number of nitrogens with zero attached hydrogens (tertiary/aromatic N) is 1. The lowest BCUT2D eigenvalue weighted by Gasteiger charge is -2.29. The molecule has 768 valence electrons. The van der Waals surface area contributed by atoms with E-state index in [0.717, 1.165) is 20.8 Å².